The predicted octanol–water partition coefficient (Wildman–Crippen LogP) is 7.41. The molecule has 0 heterocycles. The lowest BCUT2D eigenvalue weighted by Gasteiger charge is -2.22. The average Bonchev–Trinajstić information content (AvgIpc) is 2.66. The van der Waals surface area contributed by atoms with Crippen LogP contribution >= 0.6 is 0 Å². The van der Waals surface area contributed by atoms with E-state index >= 15 is 0 Å². The fourth-order valence-corrected chi connectivity index (χ4v) is 3.50. The molecule has 0 bridgehead atoms. The van der Waals surface area contributed by atoms with Crippen molar-refractivity contribution in [3.8, 4) is 16.9 Å². The molecule has 0 N–H and O–H groups in total. The first kappa shape index (κ1) is 19.3. The van der Waals surface area contributed by atoms with Gasteiger partial charge in [0.05, 0.1) is 0 Å². The molecule has 0 fully saturated rings. The summed E-state index contributed by atoms with van der Waals surface area (Å²) in [5.74, 6) is 0.332. The van der Waals surface area contributed by atoms with Crippen LogP contribution in [0.5, 0.6) is 5.75 Å². The van der Waals surface area contributed by atoms with Gasteiger partial charge < -0.3 is 4.74 Å². The predicted molar refractivity (Wildman–Crippen MR) is 103 cm³/mol. The highest BCUT2D eigenvalue weighted by Gasteiger charge is 2.30. The number of hydrogen-bond donors (Lipinski definition) is 0. The lowest BCUT2D eigenvalue weighted by molar-refractivity contribution is -0.274. The molecule has 0 amide bonds. The molecule has 1 nitrogen and oxygen atoms in total. The summed E-state index contributed by atoms with van der Waals surface area (Å²) in [5, 5.41) is 0. The maximum atomic E-state index is 12.2. The average molecular weight is 372 g/mol. The van der Waals surface area contributed by atoms with Crippen LogP contribution in [-0.2, 0) is 0 Å². The molecule has 1 aliphatic carbocycles. The molecule has 0 saturated heterocycles. The Kier molecular flexibility index (Phi) is 6.04. The first-order valence-corrected chi connectivity index (χ1v) is 9.19. The number of halogens is 3. The fraction of sp³-hybridized carbons (Fsp3) is 0.304. The zero-order valence-corrected chi connectivity index (χ0v) is 15.1. The number of rotatable bonds is 6. The van der Waals surface area contributed by atoms with E-state index in [0.717, 1.165) is 43.2 Å². The van der Waals surface area contributed by atoms with Gasteiger partial charge in [0.2, 0.25) is 0 Å². The number of allylic oxidation sites excluding steroid dienone is 3. The molecular formula is C23H23F3O. The normalized spacial score (nSPS) is 17.3. The molecule has 0 aromatic heterocycles. The van der Waals surface area contributed by atoms with Gasteiger partial charge >= 0.3 is 6.36 Å². The van der Waals surface area contributed by atoms with Gasteiger partial charge in [-0.15, -0.1) is 19.8 Å². The van der Waals surface area contributed by atoms with Crippen LogP contribution < -0.4 is 4.74 Å². The van der Waals surface area contributed by atoms with E-state index in [1.165, 1.54) is 23.3 Å². The maximum Gasteiger partial charge on any atom is 0.573 e. The van der Waals surface area contributed by atoms with Crippen LogP contribution in [-0.4, -0.2) is 6.36 Å². The summed E-state index contributed by atoms with van der Waals surface area (Å²) in [5.41, 5.74) is 4.69. The summed E-state index contributed by atoms with van der Waals surface area (Å²) in [4.78, 5) is 0. The van der Waals surface area contributed by atoms with Crippen LogP contribution in [0.2, 0.25) is 0 Å². The molecule has 0 spiro atoms. The minimum atomic E-state index is -4.66. The van der Waals surface area contributed by atoms with E-state index in [0.29, 0.717) is 5.92 Å². The largest absolute Gasteiger partial charge is 0.573 e. The third-order valence-corrected chi connectivity index (χ3v) is 4.98. The van der Waals surface area contributed by atoms with Crippen molar-refractivity contribution >= 4 is 0 Å². The Bertz CT molecular complexity index is 786. The highest BCUT2D eigenvalue weighted by molar-refractivity contribution is 5.64. The topological polar surface area (TPSA) is 9.23 Å². The Morgan fingerprint density at radius 2 is 1.63 bits per heavy atom. The van der Waals surface area contributed by atoms with E-state index in [9.17, 15) is 13.2 Å². The van der Waals surface area contributed by atoms with Gasteiger partial charge in [0.25, 0.3) is 0 Å². The molecule has 2 aromatic carbocycles. The van der Waals surface area contributed by atoms with Gasteiger partial charge in [-0.05, 0) is 66.8 Å². The quantitative estimate of drug-likeness (QED) is 0.480. The van der Waals surface area contributed by atoms with E-state index in [-0.39, 0.29) is 5.75 Å². The fourth-order valence-electron chi connectivity index (χ4n) is 3.50. The van der Waals surface area contributed by atoms with Crippen molar-refractivity contribution in [1.82, 2.24) is 0 Å². The summed E-state index contributed by atoms with van der Waals surface area (Å²) >= 11 is 0. The van der Waals surface area contributed by atoms with Crippen LogP contribution in [0.25, 0.3) is 11.1 Å². The van der Waals surface area contributed by atoms with Crippen molar-refractivity contribution in [3.63, 3.8) is 0 Å². The van der Waals surface area contributed by atoms with Crippen molar-refractivity contribution in [1.29, 1.82) is 0 Å². The second-order valence-electron chi connectivity index (χ2n) is 6.86. The molecule has 142 valence electrons. The minimum Gasteiger partial charge on any atom is -0.406 e. The van der Waals surface area contributed by atoms with Crippen molar-refractivity contribution in [3.05, 3.63) is 78.4 Å². The van der Waals surface area contributed by atoms with Gasteiger partial charge in [-0.1, -0.05) is 54.1 Å². The Hall–Kier alpha value is -2.49. The van der Waals surface area contributed by atoms with E-state index in [1.807, 2.05) is 18.2 Å². The van der Waals surface area contributed by atoms with Crippen LogP contribution in [0, 0.1) is 0 Å². The van der Waals surface area contributed by atoms with E-state index < -0.39 is 6.36 Å². The lowest BCUT2D eigenvalue weighted by Crippen LogP contribution is -2.16. The third-order valence-electron chi connectivity index (χ3n) is 4.98. The maximum absolute atomic E-state index is 12.2. The Morgan fingerprint density at radius 1 is 1.00 bits per heavy atom. The van der Waals surface area contributed by atoms with Crippen molar-refractivity contribution < 1.29 is 17.9 Å². The molecule has 0 saturated carbocycles. The summed E-state index contributed by atoms with van der Waals surface area (Å²) < 4.78 is 40.6. The van der Waals surface area contributed by atoms with Gasteiger partial charge in [-0.2, -0.15) is 0 Å². The summed E-state index contributed by atoms with van der Waals surface area (Å²) in [6, 6.07) is 14.3. The molecule has 27 heavy (non-hydrogen) atoms. The second kappa shape index (κ2) is 8.47. The molecule has 0 radical (unpaired) electrons. The standard InChI is InChI=1S/C23H23F3O/c1-2-3-4-17-5-7-18(8-6-17)19-9-11-20(12-10-19)21-13-15-22(16-14-21)27-23(24,25)26/h2,5,9-16,18H,1,3-4,6-8H2. The van der Waals surface area contributed by atoms with Gasteiger partial charge in [-0.3, -0.25) is 0 Å². The van der Waals surface area contributed by atoms with Crippen molar-refractivity contribution in [2.24, 2.45) is 0 Å². The number of hydrogen-bond acceptors (Lipinski definition) is 1. The van der Waals surface area contributed by atoms with E-state index in [4.69, 9.17) is 0 Å². The number of benzene rings is 2. The summed E-state index contributed by atoms with van der Waals surface area (Å²) in [6.45, 7) is 3.78. The molecule has 1 unspecified atom stereocenters. The first-order valence-electron chi connectivity index (χ1n) is 9.19. The molecule has 1 atom stereocenters. The van der Waals surface area contributed by atoms with Gasteiger partial charge in [0, 0.05) is 0 Å². The smallest absolute Gasteiger partial charge is 0.406 e. The molecule has 0 aliphatic heterocycles. The third kappa shape index (κ3) is 5.49. The van der Waals surface area contributed by atoms with Gasteiger partial charge in [0.1, 0.15) is 5.75 Å². The highest BCUT2D eigenvalue weighted by Crippen LogP contribution is 2.34. The minimum absolute atomic E-state index is 0.205. The van der Waals surface area contributed by atoms with E-state index in [2.05, 4.69) is 29.5 Å². The zero-order chi connectivity index (χ0) is 19.3. The van der Waals surface area contributed by atoms with Crippen molar-refractivity contribution in [2.45, 2.75) is 44.4 Å². The Labute approximate surface area is 158 Å². The lowest BCUT2D eigenvalue weighted by atomic mass is 9.83. The highest BCUT2D eigenvalue weighted by atomic mass is 19.4. The molecule has 4 heteroatoms. The van der Waals surface area contributed by atoms with Crippen LogP contribution in [0.1, 0.15) is 43.6 Å². The van der Waals surface area contributed by atoms with E-state index in [1.54, 1.807) is 12.1 Å². The molecular weight excluding hydrogens is 349 g/mol. The number of ether oxygens (including phenoxy) is 1. The summed E-state index contributed by atoms with van der Waals surface area (Å²) in [7, 11) is 0. The van der Waals surface area contributed by atoms with Crippen LogP contribution in [0.3, 0.4) is 0 Å². The molecule has 1 aliphatic rings. The van der Waals surface area contributed by atoms with Crippen LogP contribution in [0.15, 0.2) is 72.8 Å². The SMILES string of the molecule is C=CCCC1=CCC(c2ccc(-c3ccc(OC(F)(F)F)cc3)cc2)CC1. The second-order valence-corrected chi connectivity index (χ2v) is 6.86. The number of alkyl halides is 3. The van der Waals surface area contributed by atoms with Crippen molar-refractivity contribution in [2.75, 3.05) is 0 Å². The Balaban J connectivity index is 1.64. The van der Waals surface area contributed by atoms with Gasteiger partial charge in [-0.25, -0.2) is 0 Å². The monoisotopic (exact) mass is 372 g/mol. The molecule has 2 aromatic rings. The Morgan fingerprint density at radius 3 is 2.15 bits per heavy atom. The zero-order valence-electron chi connectivity index (χ0n) is 15.1. The first-order chi connectivity index (χ1) is 12.9. The summed E-state index contributed by atoms with van der Waals surface area (Å²) in [6.07, 6.45) is 5.19. The van der Waals surface area contributed by atoms with Crippen LogP contribution in [0.4, 0.5) is 13.2 Å². The van der Waals surface area contributed by atoms with Gasteiger partial charge in [0.15, 0.2) is 0 Å². The molecule has 3 rings (SSSR count).